The van der Waals surface area contributed by atoms with Crippen LogP contribution in [-0.2, 0) is 6.42 Å². The number of aromatic nitrogens is 2. The van der Waals surface area contributed by atoms with Crippen LogP contribution in [0.5, 0.6) is 0 Å². The number of pyridine rings is 2. The molecule has 0 amide bonds. The molecule has 0 saturated heterocycles. The van der Waals surface area contributed by atoms with Gasteiger partial charge in [-0.1, -0.05) is 0 Å². The number of halogens is 1. The van der Waals surface area contributed by atoms with Gasteiger partial charge in [-0.3, -0.25) is 4.98 Å². The van der Waals surface area contributed by atoms with Crippen LogP contribution in [0.15, 0.2) is 36.8 Å². The van der Waals surface area contributed by atoms with Crippen molar-refractivity contribution in [3.05, 3.63) is 48.3 Å². The number of nitrogens with two attached hydrogens (primary N) is 1. The molecule has 0 unspecified atom stereocenters. The van der Waals surface area contributed by atoms with Crippen LogP contribution < -0.4 is 5.73 Å². The Morgan fingerprint density at radius 1 is 1.19 bits per heavy atom. The van der Waals surface area contributed by atoms with Crippen molar-refractivity contribution in [1.82, 2.24) is 9.97 Å². The van der Waals surface area contributed by atoms with E-state index < -0.39 is 5.95 Å². The summed E-state index contributed by atoms with van der Waals surface area (Å²) in [6.07, 6.45) is 5.47. The minimum atomic E-state index is -0.466. The summed E-state index contributed by atoms with van der Waals surface area (Å²) < 4.78 is 13.5. The monoisotopic (exact) mass is 217 g/mol. The summed E-state index contributed by atoms with van der Waals surface area (Å²) in [6, 6.07) is 5.20. The van der Waals surface area contributed by atoms with Crippen molar-refractivity contribution >= 4 is 0 Å². The Morgan fingerprint density at radius 3 is 2.81 bits per heavy atom. The predicted octanol–water partition coefficient (Wildman–Crippen LogP) is 1.78. The summed E-state index contributed by atoms with van der Waals surface area (Å²) >= 11 is 0. The molecule has 3 nitrogen and oxygen atoms in total. The lowest BCUT2D eigenvalue weighted by Gasteiger charge is -2.08. The fourth-order valence-corrected chi connectivity index (χ4v) is 1.63. The van der Waals surface area contributed by atoms with E-state index in [2.05, 4.69) is 9.97 Å². The molecule has 0 aliphatic rings. The largest absolute Gasteiger partial charge is 0.330 e. The van der Waals surface area contributed by atoms with E-state index in [-0.39, 0.29) is 0 Å². The van der Waals surface area contributed by atoms with Gasteiger partial charge >= 0.3 is 0 Å². The molecule has 0 aliphatic heterocycles. The lowest BCUT2D eigenvalue weighted by Crippen LogP contribution is -2.05. The Balaban J connectivity index is 2.51. The van der Waals surface area contributed by atoms with Gasteiger partial charge in [0, 0.05) is 24.2 Å². The summed E-state index contributed by atoms with van der Waals surface area (Å²) in [6.45, 7) is 0.514. The molecule has 0 atom stereocenters. The molecule has 2 heterocycles. The first-order valence-electron chi connectivity index (χ1n) is 5.07. The first-order chi connectivity index (χ1) is 7.83. The zero-order valence-corrected chi connectivity index (χ0v) is 8.73. The summed E-state index contributed by atoms with van der Waals surface area (Å²) in [5.74, 6) is -0.466. The zero-order valence-electron chi connectivity index (χ0n) is 8.73. The molecule has 0 saturated carbocycles. The van der Waals surface area contributed by atoms with Crippen LogP contribution in [0.3, 0.4) is 0 Å². The van der Waals surface area contributed by atoms with Crippen molar-refractivity contribution < 1.29 is 4.39 Å². The minimum Gasteiger partial charge on any atom is -0.330 e. The maximum atomic E-state index is 13.5. The quantitative estimate of drug-likeness (QED) is 0.797. The number of rotatable bonds is 3. The van der Waals surface area contributed by atoms with Gasteiger partial charge in [-0.05, 0) is 42.3 Å². The third-order valence-electron chi connectivity index (χ3n) is 2.37. The van der Waals surface area contributed by atoms with Crippen LogP contribution in [0.2, 0.25) is 0 Å². The standard InChI is InChI=1S/C12H12FN3/c13-12-11(2-1-6-16-12)10-4-7-15-8-9(10)3-5-14/h1-2,4,6-8H,3,5,14H2. The normalized spacial score (nSPS) is 10.4. The third-order valence-corrected chi connectivity index (χ3v) is 2.37. The van der Waals surface area contributed by atoms with E-state index in [0.717, 1.165) is 11.1 Å². The van der Waals surface area contributed by atoms with Crippen molar-refractivity contribution in [2.45, 2.75) is 6.42 Å². The zero-order chi connectivity index (χ0) is 11.4. The Hall–Kier alpha value is -1.81. The molecule has 0 spiro atoms. The van der Waals surface area contributed by atoms with Crippen LogP contribution in [0.4, 0.5) is 4.39 Å². The Morgan fingerprint density at radius 2 is 2.06 bits per heavy atom. The van der Waals surface area contributed by atoms with Gasteiger partial charge in [0.1, 0.15) is 0 Å². The lowest BCUT2D eigenvalue weighted by molar-refractivity contribution is 0.587. The van der Waals surface area contributed by atoms with Crippen LogP contribution in [0.25, 0.3) is 11.1 Å². The maximum Gasteiger partial charge on any atom is 0.220 e. The molecule has 16 heavy (non-hydrogen) atoms. The van der Waals surface area contributed by atoms with E-state index in [1.165, 1.54) is 6.20 Å². The first kappa shape index (κ1) is 10.7. The third kappa shape index (κ3) is 2.06. The molecule has 0 aromatic carbocycles. The second kappa shape index (κ2) is 4.81. The molecule has 2 aromatic heterocycles. The Bertz CT molecular complexity index is 485. The highest BCUT2D eigenvalue weighted by Crippen LogP contribution is 2.24. The molecular formula is C12H12FN3. The van der Waals surface area contributed by atoms with E-state index in [9.17, 15) is 4.39 Å². The highest BCUT2D eigenvalue weighted by Gasteiger charge is 2.09. The van der Waals surface area contributed by atoms with E-state index in [1.807, 2.05) is 0 Å². The van der Waals surface area contributed by atoms with E-state index in [1.54, 1.807) is 30.6 Å². The molecule has 2 rings (SSSR count). The van der Waals surface area contributed by atoms with Gasteiger partial charge in [-0.25, -0.2) is 4.98 Å². The predicted molar refractivity (Wildman–Crippen MR) is 60.2 cm³/mol. The smallest absolute Gasteiger partial charge is 0.220 e. The maximum absolute atomic E-state index is 13.5. The first-order valence-corrected chi connectivity index (χ1v) is 5.07. The summed E-state index contributed by atoms with van der Waals surface area (Å²) in [5, 5.41) is 0. The second-order valence-corrected chi connectivity index (χ2v) is 3.41. The van der Waals surface area contributed by atoms with Gasteiger partial charge in [0.2, 0.25) is 5.95 Å². The summed E-state index contributed by atoms with van der Waals surface area (Å²) in [5.41, 5.74) is 7.75. The molecule has 2 N–H and O–H groups in total. The summed E-state index contributed by atoms with van der Waals surface area (Å²) in [7, 11) is 0. The van der Waals surface area contributed by atoms with E-state index >= 15 is 0 Å². The number of hydrogen-bond donors (Lipinski definition) is 1. The highest BCUT2D eigenvalue weighted by molar-refractivity contribution is 5.66. The Labute approximate surface area is 93.2 Å². The fourth-order valence-electron chi connectivity index (χ4n) is 1.63. The van der Waals surface area contributed by atoms with Crippen LogP contribution >= 0.6 is 0 Å². The van der Waals surface area contributed by atoms with Gasteiger partial charge in [0.25, 0.3) is 0 Å². The lowest BCUT2D eigenvalue weighted by atomic mass is 10.0. The molecule has 4 heteroatoms. The second-order valence-electron chi connectivity index (χ2n) is 3.41. The number of hydrogen-bond acceptors (Lipinski definition) is 3. The molecule has 2 aromatic rings. The van der Waals surface area contributed by atoms with Crippen molar-refractivity contribution in [1.29, 1.82) is 0 Å². The van der Waals surface area contributed by atoms with Gasteiger partial charge < -0.3 is 5.73 Å². The number of nitrogens with zero attached hydrogens (tertiary/aromatic N) is 2. The SMILES string of the molecule is NCCc1cnccc1-c1cccnc1F. The van der Waals surface area contributed by atoms with Crippen LogP contribution in [0, 0.1) is 5.95 Å². The molecular weight excluding hydrogens is 205 g/mol. The van der Waals surface area contributed by atoms with Crippen molar-refractivity contribution in [2.75, 3.05) is 6.54 Å². The molecule has 0 radical (unpaired) electrons. The average Bonchev–Trinajstić information content (AvgIpc) is 2.31. The molecule has 0 bridgehead atoms. The van der Waals surface area contributed by atoms with Crippen LogP contribution in [0.1, 0.15) is 5.56 Å². The van der Waals surface area contributed by atoms with Crippen molar-refractivity contribution in [3.63, 3.8) is 0 Å². The van der Waals surface area contributed by atoms with Gasteiger partial charge in [0.05, 0.1) is 0 Å². The van der Waals surface area contributed by atoms with Gasteiger partial charge in [0.15, 0.2) is 0 Å². The fraction of sp³-hybridized carbons (Fsp3) is 0.167. The minimum absolute atomic E-state index is 0.466. The summed E-state index contributed by atoms with van der Waals surface area (Å²) in [4.78, 5) is 7.66. The van der Waals surface area contributed by atoms with E-state index in [4.69, 9.17) is 5.73 Å². The van der Waals surface area contributed by atoms with Crippen molar-refractivity contribution in [3.8, 4) is 11.1 Å². The molecule has 0 aliphatic carbocycles. The Kier molecular flexibility index (Phi) is 3.22. The molecule has 0 fully saturated rings. The topological polar surface area (TPSA) is 51.8 Å². The van der Waals surface area contributed by atoms with Crippen molar-refractivity contribution in [2.24, 2.45) is 5.73 Å². The van der Waals surface area contributed by atoms with Crippen LogP contribution in [-0.4, -0.2) is 16.5 Å². The van der Waals surface area contributed by atoms with Gasteiger partial charge in [-0.2, -0.15) is 4.39 Å². The highest BCUT2D eigenvalue weighted by atomic mass is 19.1. The average molecular weight is 217 g/mol. The van der Waals surface area contributed by atoms with Gasteiger partial charge in [-0.15, -0.1) is 0 Å². The van der Waals surface area contributed by atoms with E-state index in [0.29, 0.717) is 18.5 Å². The molecule has 82 valence electrons.